The number of hydrogen-bond acceptors (Lipinski definition) is 4. The summed E-state index contributed by atoms with van der Waals surface area (Å²) in [5, 5.41) is 5.04. The van der Waals surface area contributed by atoms with Gasteiger partial charge in [-0.1, -0.05) is 0 Å². The molecule has 7 nitrogen and oxygen atoms in total. The van der Waals surface area contributed by atoms with Gasteiger partial charge in [0.1, 0.15) is 18.1 Å². The first-order chi connectivity index (χ1) is 14.1. The number of benzene rings is 1. The molecule has 8 heteroatoms. The van der Waals surface area contributed by atoms with Crippen LogP contribution >= 0.6 is 0 Å². The predicted molar refractivity (Wildman–Crippen MR) is 104 cm³/mol. The minimum Gasteiger partial charge on any atom is -0.463 e. The summed E-state index contributed by atoms with van der Waals surface area (Å²) in [6, 6.07) is 11.0. The Labute approximate surface area is 164 Å². The lowest BCUT2D eigenvalue weighted by Gasteiger charge is -2.27. The number of aromatic amines is 1. The molecule has 1 amide bonds. The van der Waals surface area contributed by atoms with Crippen molar-refractivity contribution in [3.05, 3.63) is 76.2 Å². The fraction of sp³-hybridized carbons (Fsp3) is 0.190. The average molecular weight is 392 g/mol. The van der Waals surface area contributed by atoms with Gasteiger partial charge in [-0.3, -0.25) is 9.59 Å². The first-order valence-corrected chi connectivity index (χ1v) is 9.27. The molecule has 0 spiro atoms. The monoisotopic (exact) mass is 392 g/mol. The fourth-order valence-corrected chi connectivity index (χ4v) is 3.75. The van der Waals surface area contributed by atoms with Gasteiger partial charge in [0.25, 0.3) is 5.56 Å². The summed E-state index contributed by atoms with van der Waals surface area (Å²) >= 11 is 0. The number of nitrogens with one attached hydrogen (secondary N) is 1. The third-order valence-electron chi connectivity index (χ3n) is 5.22. The van der Waals surface area contributed by atoms with E-state index in [0.29, 0.717) is 31.0 Å². The lowest BCUT2D eigenvalue weighted by molar-refractivity contribution is -0.133. The van der Waals surface area contributed by atoms with Gasteiger partial charge < -0.3 is 14.3 Å². The summed E-state index contributed by atoms with van der Waals surface area (Å²) in [5.74, 6) is -0.00419. The number of halogens is 1. The Morgan fingerprint density at radius 2 is 2.14 bits per heavy atom. The number of H-pyrrole nitrogens is 1. The van der Waals surface area contributed by atoms with Crippen molar-refractivity contribution in [1.82, 2.24) is 19.7 Å². The standard InChI is InChI=1S/C21H17FN4O3/c22-13-3-4-16-14(10-13)15-11-25(8-7-17(15)23-16)21(28)12-26-20(27)6-5-18(24-26)19-2-1-9-29-19/h1-6,9-10,23H,7-8,11-12H2. The van der Waals surface area contributed by atoms with Gasteiger partial charge >= 0.3 is 0 Å². The number of amides is 1. The lowest BCUT2D eigenvalue weighted by Crippen LogP contribution is -2.40. The van der Waals surface area contributed by atoms with Crippen LogP contribution < -0.4 is 5.56 Å². The van der Waals surface area contributed by atoms with E-state index < -0.39 is 0 Å². The number of hydrogen-bond donors (Lipinski definition) is 1. The molecule has 0 fully saturated rings. The molecule has 5 rings (SSSR count). The Kier molecular flexibility index (Phi) is 4.04. The van der Waals surface area contributed by atoms with Crippen molar-refractivity contribution in [2.24, 2.45) is 0 Å². The molecule has 0 bridgehead atoms. The molecule has 1 aliphatic rings. The largest absolute Gasteiger partial charge is 0.463 e. The van der Waals surface area contributed by atoms with Crippen molar-refractivity contribution < 1.29 is 13.6 Å². The van der Waals surface area contributed by atoms with E-state index in [4.69, 9.17) is 4.42 Å². The minimum absolute atomic E-state index is 0.167. The Bertz CT molecular complexity index is 1270. The molecular formula is C21H17FN4O3. The van der Waals surface area contributed by atoms with E-state index in [9.17, 15) is 14.0 Å². The van der Waals surface area contributed by atoms with Gasteiger partial charge in [0, 0.05) is 47.7 Å². The number of fused-ring (bicyclic) bond motifs is 3. The van der Waals surface area contributed by atoms with Crippen molar-refractivity contribution >= 4 is 16.8 Å². The van der Waals surface area contributed by atoms with Crippen LogP contribution in [0.25, 0.3) is 22.4 Å². The van der Waals surface area contributed by atoms with Crippen LogP contribution in [-0.4, -0.2) is 32.1 Å². The number of rotatable bonds is 3. The highest BCUT2D eigenvalue weighted by atomic mass is 19.1. The molecule has 1 aromatic carbocycles. The summed E-state index contributed by atoms with van der Waals surface area (Å²) < 4.78 is 20.1. The third-order valence-corrected chi connectivity index (χ3v) is 5.22. The second-order valence-electron chi connectivity index (χ2n) is 7.03. The Hall–Kier alpha value is -3.68. The highest BCUT2D eigenvalue weighted by Crippen LogP contribution is 2.28. The van der Waals surface area contributed by atoms with Crippen LogP contribution in [0.1, 0.15) is 11.3 Å². The van der Waals surface area contributed by atoms with Gasteiger partial charge in [-0.05, 0) is 36.4 Å². The van der Waals surface area contributed by atoms with Gasteiger partial charge in [0.2, 0.25) is 5.91 Å². The molecule has 0 aliphatic carbocycles. The number of aromatic nitrogens is 3. The molecule has 29 heavy (non-hydrogen) atoms. The molecule has 0 unspecified atom stereocenters. The first-order valence-electron chi connectivity index (χ1n) is 9.27. The van der Waals surface area contributed by atoms with Gasteiger partial charge in [0.15, 0.2) is 5.76 Å². The van der Waals surface area contributed by atoms with E-state index in [-0.39, 0.29) is 23.8 Å². The van der Waals surface area contributed by atoms with Gasteiger partial charge in [0.05, 0.1) is 6.26 Å². The second kappa shape index (κ2) is 6.73. The zero-order chi connectivity index (χ0) is 20.0. The molecule has 1 N–H and O–H groups in total. The highest BCUT2D eigenvalue weighted by Gasteiger charge is 2.25. The summed E-state index contributed by atoms with van der Waals surface area (Å²) in [6.07, 6.45) is 2.17. The van der Waals surface area contributed by atoms with Gasteiger partial charge in [-0.15, -0.1) is 0 Å². The van der Waals surface area contributed by atoms with Crippen LogP contribution in [0.2, 0.25) is 0 Å². The van der Waals surface area contributed by atoms with E-state index in [1.54, 1.807) is 29.2 Å². The summed E-state index contributed by atoms with van der Waals surface area (Å²) in [6.45, 7) is 0.720. The van der Waals surface area contributed by atoms with Crippen molar-refractivity contribution in [3.8, 4) is 11.5 Å². The smallest absolute Gasteiger partial charge is 0.267 e. The van der Waals surface area contributed by atoms with Crippen LogP contribution in [0.5, 0.6) is 0 Å². The maximum atomic E-state index is 13.7. The van der Waals surface area contributed by atoms with E-state index >= 15 is 0 Å². The number of nitrogens with zero attached hydrogens (tertiary/aromatic N) is 3. The fourth-order valence-electron chi connectivity index (χ4n) is 3.75. The highest BCUT2D eigenvalue weighted by molar-refractivity contribution is 5.86. The van der Waals surface area contributed by atoms with Crippen molar-refractivity contribution in [2.75, 3.05) is 6.54 Å². The van der Waals surface area contributed by atoms with E-state index in [0.717, 1.165) is 26.8 Å². The molecule has 4 heterocycles. The normalized spacial score (nSPS) is 13.6. The number of furan rings is 1. The number of carbonyl (C=O) groups is 1. The van der Waals surface area contributed by atoms with Crippen LogP contribution in [0, 0.1) is 5.82 Å². The molecular weight excluding hydrogens is 375 g/mol. The molecule has 4 aromatic rings. The van der Waals surface area contributed by atoms with Crippen LogP contribution in [-0.2, 0) is 24.3 Å². The predicted octanol–water partition coefficient (Wildman–Crippen LogP) is 2.71. The third kappa shape index (κ3) is 3.12. The van der Waals surface area contributed by atoms with Gasteiger partial charge in [-0.25, -0.2) is 9.07 Å². The Balaban J connectivity index is 1.40. The molecule has 0 saturated carbocycles. The van der Waals surface area contributed by atoms with Crippen molar-refractivity contribution in [1.29, 1.82) is 0 Å². The van der Waals surface area contributed by atoms with Gasteiger partial charge in [-0.2, -0.15) is 5.10 Å². The maximum Gasteiger partial charge on any atom is 0.267 e. The second-order valence-corrected chi connectivity index (χ2v) is 7.03. The number of carbonyl (C=O) groups excluding carboxylic acids is 1. The molecule has 146 valence electrons. The van der Waals surface area contributed by atoms with Crippen LogP contribution in [0.15, 0.2) is 57.9 Å². The summed E-state index contributed by atoms with van der Waals surface area (Å²) in [5.41, 5.74) is 2.92. The van der Waals surface area contributed by atoms with Crippen LogP contribution in [0.4, 0.5) is 4.39 Å². The van der Waals surface area contributed by atoms with E-state index in [2.05, 4.69) is 10.1 Å². The maximum absolute atomic E-state index is 13.7. The average Bonchev–Trinajstić information content (AvgIpc) is 3.37. The Morgan fingerprint density at radius 1 is 1.24 bits per heavy atom. The summed E-state index contributed by atoms with van der Waals surface area (Å²) in [7, 11) is 0. The van der Waals surface area contributed by atoms with Crippen molar-refractivity contribution in [3.63, 3.8) is 0 Å². The molecule has 0 radical (unpaired) electrons. The first kappa shape index (κ1) is 17.4. The SMILES string of the molecule is O=C(Cn1nc(-c2ccco2)ccc1=O)N1CCc2[nH]c3ccc(F)cc3c2C1. The molecule has 3 aromatic heterocycles. The lowest BCUT2D eigenvalue weighted by atomic mass is 10.0. The van der Waals surface area contributed by atoms with E-state index in [1.807, 2.05) is 0 Å². The topological polar surface area (TPSA) is 84.1 Å². The van der Waals surface area contributed by atoms with Crippen molar-refractivity contribution in [2.45, 2.75) is 19.5 Å². The quantitative estimate of drug-likeness (QED) is 0.581. The molecule has 0 atom stereocenters. The minimum atomic E-state index is -0.361. The zero-order valence-electron chi connectivity index (χ0n) is 15.4. The molecule has 0 saturated heterocycles. The summed E-state index contributed by atoms with van der Waals surface area (Å²) in [4.78, 5) is 30.0. The molecule has 1 aliphatic heterocycles. The zero-order valence-corrected chi connectivity index (χ0v) is 15.4. The van der Waals surface area contributed by atoms with E-state index in [1.165, 1.54) is 24.5 Å². The Morgan fingerprint density at radius 3 is 2.97 bits per heavy atom. The van der Waals surface area contributed by atoms with Crippen LogP contribution in [0.3, 0.4) is 0 Å².